The van der Waals surface area contributed by atoms with E-state index in [9.17, 15) is 14.0 Å². The maximum Gasteiger partial charge on any atom is 0.267 e. The van der Waals surface area contributed by atoms with Crippen LogP contribution in [0.1, 0.15) is 27.9 Å². The Hall–Kier alpha value is -3.74. The number of nitrogens with one attached hydrogen (secondary N) is 2. The number of carbonyl (C=O) groups excluding carboxylic acids is 2. The van der Waals surface area contributed by atoms with Crippen LogP contribution in [0.5, 0.6) is 0 Å². The summed E-state index contributed by atoms with van der Waals surface area (Å²) in [6.45, 7) is 3.01. The summed E-state index contributed by atoms with van der Waals surface area (Å²) in [6, 6.07) is 13.0. The number of carbonyl (C=O) groups is 2. The van der Waals surface area contributed by atoms with E-state index in [2.05, 4.69) is 15.6 Å². The van der Waals surface area contributed by atoms with E-state index in [-0.39, 0.29) is 11.3 Å². The highest BCUT2D eigenvalue weighted by Gasteiger charge is 2.15. The standard InChI is InChI=1S/C23H23FN4O2/c1-17-7-9-18(10-8-17)22(29)27-21(15-19-5-2-3-6-20(19)24)23(30)26-11-4-13-28-14-12-25-16-28/h2-3,5-10,12,14-16H,4,11,13H2,1H3,(H,26,30)(H,27,29). The average molecular weight is 406 g/mol. The Kier molecular flexibility index (Phi) is 7.10. The fraction of sp³-hybridized carbons (Fsp3) is 0.174. The van der Waals surface area contributed by atoms with Crippen molar-refractivity contribution in [1.29, 1.82) is 0 Å². The van der Waals surface area contributed by atoms with Gasteiger partial charge in [0.05, 0.1) is 6.33 Å². The minimum absolute atomic E-state index is 0.0201. The lowest BCUT2D eigenvalue weighted by Gasteiger charge is -2.12. The van der Waals surface area contributed by atoms with Gasteiger partial charge in [-0.25, -0.2) is 9.37 Å². The quantitative estimate of drug-likeness (QED) is 0.445. The van der Waals surface area contributed by atoms with Gasteiger partial charge in [-0.3, -0.25) is 9.59 Å². The summed E-state index contributed by atoms with van der Waals surface area (Å²) < 4.78 is 16.0. The molecule has 0 fully saturated rings. The molecular formula is C23H23FN4O2. The van der Waals surface area contributed by atoms with Gasteiger partial charge in [0.2, 0.25) is 0 Å². The van der Waals surface area contributed by atoms with E-state index >= 15 is 0 Å². The number of rotatable bonds is 8. The third-order valence-corrected chi connectivity index (χ3v) is 4.45. The van der Waals surface area contributed by atoms with Gasteiger partial charge in [-0.2, -0.15) is 0 Å². The van der Waals surface area contributed by atoms with E-state index in [1.165, 1.54) is 12.1 Å². The summed E-state index contributed by atoms with van der Waals surface area (Å²) in [7, 11) is 0. The number of benzene rings is 2. The SMILES string of the molecule is Cc1ccc(C(=O)NC(=Cc2ccccc2F)C(=O)NCCCn2ccnc2)cc1. The van der Waals surface area contributed by atoms with Gasteiger partial charge < -0.3 is 15.2 Å². The first-order valence-corrected chi connectivity index (χ1v) is 9.61. The second kappa shape index (κ2) is 10.2. The highest BCUT2D eigenvalue weighted by molar-refractivity contribution is 6.05. The molecule has 1 aromatic heterocycles. The van der Waals surface area contributed by atoms with Crippen molar-refractivity contribution in [2.75, 3.05) is 6.54 Å². The first-order valence-electron chi connectivity index (χ1n) is 9.61. The molecule has 0 unspecified atom stereocenters. The molecule has 3 aromatic rings. The predicted octanol–water partition coefficient (Wildman–Crippen LogP) is 3.31. The van der Waals surface area contributed by atoms with Gasteiger partial charge in [-0.05, 0) is 37.6 Å². The fourth-order valence-corrected chi connectivity index (χ4v) is 2.78. The Morgan fingerprint density at radius 2 is 1.90 bits per heavy atom. The molecule has 0 saturated carbocycles. The van der Waals surface area contributed by atoms with Gasteiger partial charge in [0.25, 0.3) is 11.8 Å². The largest absolute Gasteiger partial charge is 0.351 e. The Morgan fingerprint density at radius 3 is 2.60 bits per heavy atom. The van der Waals surface area contributed by atoms with Crippen LogP contribution in [-0.2, 0) is 11.3 Å². The van der Waals surface area contributed by atoms with E-state index in [4.69, 9.17) is 0 Å². The van der Waals surface area contributed by atoms with Gasteiger partial charge in [0, 0.05) is 36.6 Å². The molecule has 0 aliphatic carbocycles. The fourth-order valence-electron chi connectivity index (χ4n) is 2.78. The molecule has 0 radical (unpaired) electrons. The monoisotopic (exact) mass is 406 g/mol. The lowest BCUT2D eigenvalue weighted by atomic mass is 10.1. The van der Waals surface area contributed by atoms with Crippen molar-refractivity contribution in [1.82, 2.24) is 20.2 Å². The van der Waals surface area contributed by atoms with Crippen LogP contribution >= 0.6 is 0 Å². The van der Waals surface area contributed by atoms with Crippen LogP contribution in [0.2, 0.25) is 0 Å². The molecule has 1 heterocycles. The van der Waals surface area contributed by atoms with Crippen LogP contribution in [0.3, 0.4) is 0 Å². The number of hydrogen-bond donors (Lipinski definition) is 2. The van der Waals surface area contributed by atoms with Crippen molar-refractivity contribution < 1.29 is 14.0 Å². The van der Waals surface area contributed by atoms with Crippen molar-refractivity contribution in [3.05, 3.63) is 95.5 Å². The lowest BCUT2D eigenvalue weighted by Crippen LogP contribution is -2.35. The zero-order chi connectivity index (χ0) is 21.3. The van der Waals surface area contributed by atoms with Crippen LogP contribution in [-0.4, -0.2) is 27.9 Å². The molecule has 30 heavy (non-hydrogen) atoms. The third-order valence-electron chi connectivity index (χ3n) is 4.45. The number of aromatic nitrogens is 2. The molecule has 154 valence electrons. The van der Waals surface area contributed by atoms with Crippen LogP contribution in [0.4, 0.5) is 4.39 Å². The molecule has 7 heteroatoms. The van der Waals surface area contributed by atoms with Gasteiger partial charge in [-0.15, -0.1) is 0 Å². The molecule has 2 aromatic carbocycles. The second-order valence-corrected chi connectivity index (χ2v) is 6.81. The lowest BCUT2D eigenvalue weighted by molar-refractivity contribution is -0.117. The van der Waals surface area contributed by atoms with Crippen molar-refractivity contribution in [2.45, 2.75) is 19.9 Å². The van der Waals surface area contributed by atoms with Gasteiger partial charge in [-0.1, -0.05) is 35.9 Å². The van der Waals surface area contributed by atoms with E-state index in [1.54, 1.807) is 42.9 Å². The predicted molar refractivity (Wildman–Crippen MR) is 113 cm³/mol. The minimum Gasteiger partial charge on any atom is -0.351 e. The first-order chi connectivity index (χ1) is 14.5. The van der Waals surface area contributed by atoms with Crippen molar-refractivity contribution in [2.24, 2.45) is 0 Å². The Labute approximate surface area is 174 Å². The minimum atomic E-state index is -0.482. The summed E-state index contributed by atoms with van der Waals surface area (Å²) >= 11 is 0. The number of amides is 2. The summed E-state index contributed by atoms with van der Waals surface area (Å²) in [5, 5.41) is 5.38. The highest BCUT2D eigenvalue weighted by atomic mass is 19.1. The number of hydrogen-bond acceptors (Lipinski definition) is 3. The van der Waals surface area contributed by atoms with E-state index in [1.807, 2.05) is 29.8 Å². The van der Waals surface area contributed by atoms with Crippen LogP contribution in [0, 0.1) is 12.7 Å². The maximum atomic E-state index is 14.1. The highest BCUT2D eigenvalue weighted by Crippen LogP contribution is 2.12. The molecule has 0 aliphatic heterocycles. The molecule has 2 N–H and O–H groups in total. The van der Waals surface area contributed by atoms with Crippen LogP contribution in [0.15, 0.2) is 72.9 Å². The molecule has 0 saturated heterocycles. The van der Waals surface area contributed by atoms with Crippen LogP contribution in [0.25, 0.3) is 6.08 Å². The molecular weight excluding hydrogens is 383 g/mol. The Bertz CT molecular complexity index is 1030. The summed E-state index contributed by atoms with van der Waals surface area (Å²) in [6.07, 6.45) is 7.25. The van der Waals surface area contributed by atoms with Crippen molar-refractivity contribution in [3.63, 3.8) is 0 Å². The van der Waals surface area contributed by atoms with E-state index in [0.717, 1.165) is 5.56 Å². The Morgan fingerprint density at radius 1 is 1.13 bits per heavy atom. The number of imidazole rings is 1. The topological polar surface area (TPSA) is 76.0 Å². The molecule has 0 spiro atoms. The maximum absolute atomic E-state index is 14.1. The summed E-state index contributed by atoms with van der Waals surface area (Å²) in [4.78, 5) is 29.3. The molecule has 3 rings (SSSR count). The van der Waals surface area contributed by atoms with Crippen molar-refractivity contribution >= 4 is 17.9 Å². The zero-order valence-corrected chi connectivity index (χ0v) is 16.6. The number of halogens is 1. The van der Waals surface area contributed by atoms with E-state index < -0.39 is 17.6 Å². The third kappa shape index (κ3) is 5.88. The number of aryl methyl sites for hydroxylation is 2. The van der Waals surface area contributed by atoms with Gasteiger partial charge in [0.15, 0.2) is 0 Å². The van der Waals surface area contributed by atoms with Gasteiger partial charge >= 0.3 is 0 Å². The smallest absolute Gasteiger partial charge is 0.267 e. The molecule has 2 amide bonds. The molecule has 0 bridgehead atoms. The molecule has 0 atom stereocenters. The van der Waals surface area contributed by atoms with Crippen molar-refractivity contribution in [3.8, 4) is 0 Å². The zero-order valence-electron chi connectivity index (χ0n) is 16.6. The normalized spacial score (nSPS) is 11.2. The summed E-state index contributed by atoms with van der Waals surface area (Å²) in [5.74, 6) is -1.40. The van der Waals surface area contributed by atoms with Gasteiger partial charge in [0.1, 0.15) is 11.5 Å². The van der Waals surface area contributed by atoms with E-state index in [0.29, 0.717) is 25.1 Å². The molecule has 6 nitrogen and oxygen atoms in total. The summed E-state index contributed by atoms with van der Waals surface area (Å²) in [5.41, 5.74) is 1.62. The molecule has 0 aliphatic rings. The number of nitrogens with zero attached hydrogens (tertiary/aromatic N) is 2. The first kappa shape index (κ1) is 21.0. The average Bonchev–Trinajstić information content (AvgIpc) is 3.26. The van der Waals surface area contributed by atoms with Crippen LogP contribution < -0.4 is 10.6 Å². The second-order valence-electron chi connectivity index (χ2n) is 6.81. The Balaban J connectivity index is 1.71.